The number of likely N-dealkylation sites (tertiary alicyclic amines) is 1. The summed E-state index contributed by atoms with van der Waals surface area (Å²) >= 11 is 0. The Balaban J connectivity index is 2.06. The van der Waals surface area contributed by atoms with Crippen LogP contribution < -0.4 is 5.32 Å². The summed E-state index contributed by atoms with van der Waals surface area (Å²) in [6, 6.07) is 3.57. The largest absolute Gasteiger partial charge is 0.352 e. The molecule has 1 atom stereocenters. The minimum absolute atomic E-state index is 0.0571. The van der Waals surface area contributed by atoms with Gasteiger partial charge in [0.2, 0.25) is 0 Å². The third-order valence-corrected chi connectivity index (χ3v) is 4.61. The van der Waals surface area contributed by atoms with E-state index in [0.29, 0.717) is 23.7 Å². The van der Waals surface area contributed by atoms with E-state index in [1.807, 2.05) is 4.90 Å². The molecule has 24 heavy (non-hydrogen) atoms. The highest BCUT2D eigenvalue weighted by Crippen LogP contribution is 2.21. The Labute approximate surface area is 144 Å². The summed E-state index contributed by atoms with van der Waals surface area (Å²) in [6.07, 6.45) is 6.72. The third-order valence-electron chi connectivity index (χ3n) is 4.61. The van der Waals surface area contributed by atoms with E-state index in [-0.39, 0.29) is 17.9 Å². The summed E-state index contributed by atoms with van der Waals surface area (Å²) in [5.41, 5.74) is 0.869. The number of piperidine rings is 1. The molecule has 0 bridgehead atoms. The average molecular weight is 331 g/mol. The Bertz CT molecular complexity index is 571. The van der Waals surface area contributed by atoms with Crippen molar-refractivity contribution in [2.24, 2.45) is 5.92 Å². The summed E-state index contributed by atoms with van der Waals surface area (Å²) < 4.78 is 0. The van der Waals surface area contributed by atoms with Crippen molar-refractivity contribution in [3.05, 3.63) is 29.6 Å². The van der Waals surface area contributed by atoms with Gasteiger partial charge < -0.3 is 10.2 Å². The molecule has 0 aromatic carbocycles. The van der Waals surface area contributed by atoms with Crippen molar-refractivity contribution in [2.45, 2.75) is 58.9 Å². The summed E-state index contributed by atoms with van der Waals surface area (Å²) in [5.74, 6) is 0.348. The molecule has 1 N–H and O–H groups in total. The highest BCUT2D eigenvalue weighted by molar-refractivity contribution is 5.98. The van der Waals surface area contributed by atoms with E-state index < -0.39 is 0 Å². The second kappa shape index (κ2) is 8.81. The first-order valence-electron chi connectivity index (χ1n) is 9.08. The van der Waals surface area contributed by atoms with Crippen LogP contribution in [0.25, 0.3) is 0 Å². The van der Waals surface area contributed by atoms with Crippen LogP contribution in [0.1, 0.15) is 73.7 Å². The number of nitrogens with zero attached hydrogens (tertiary/aromatic N) is 2. The topological polar surface area (TPSA) is 62.3 Å². The predicted molar refractivity (Wildman–Crippen MR) is 95.0 cm³/mol. The second-order valence-corrected chi connectivity index (χ2v) is 6.92. The highest BCUT2D eigenvalue weighted by Gasteiger charge is 2.27. The first kappa shape index (κ1) is 18.4. The van der Waals surface area contributed by atoms with Crippen LogP contribution in [-0.2, 0) is 0 Å². The quantitative estimate of drug-likeness (QED) is 0.870. The van der Waals surface area contributed by atoms with Crippen molar-refractivity contribution < 1.29 is 9.59 Å². The van der Waals surface area contributed by atoms with Gasteiger partial charge in [0.05, 0.1) is 0 Å². The van der Waals surface area contributed by atoms with Gasteiger partial charge in [-0.25, -0.2) is 0 Å². The van der Waals surface area contributed by atoms with Crippen LogP contribution in [0, 0.1) is 5.92 Å². The van der Waals surface area contributed by atoms with Gasteiger partial charge in [0.25, 0.3) is 11.8 Å². The molecule has 2 rings (SSSR count). The van der Waals surface area contributed by atoms with Crippen molar-refractivity contribution in [1.82, 2.24) is 15.2 Å². The number of carbonyl (C=O) groups excluding carboxylic acids is 2. The zero-order chi connectivity index (χ0) is 17.5. The number of hydrogen-bond donors (Lipinski definition) is 1. The molecule has 5 heteroatoms. The summed E-state index contributed by atoms with van der Waals surface area (Å²) in [5, 5.41) is 2.90. The van der Waals surface area contributed by atoms with Crippen LogP contribution in [0.5, 0.6) is 0 Å². The minimum atomic E-state index is -0.141. The third kappa shape index (κ3) is 4.79. The van der Waals surface area contributed by atoms with Gasteiger partial charge in [-0.15, -0.1) is 0 Å². The summed E-state index contributed by atoms with van der Waals surface area (Å²) in [4.78, 5) is 31.1. The van der Waals surface area contributed by atoms with Gasteiger partial charge >= 0.3 is 0 Å². The van der Waals surface area contributed by atoms with Crippen molar-refractivity contribution >= 4 is 11.8 Å². The maximum absolute atomic E-state index is 12.8. The molecule has 1 saturated heterocycles. The molecule has 5 nitrogen and oxygen atoms in total. The molecule has 0 radical (unpaired) electrons. The molecule has 1 aromatic heterocycles. The number of aromatic nitrogens is 1. The molecule has 0 saturated carbocycles. The number of carbonyl (C=O) groups is 2. The van der Waals surface area contributed by atoms with Gasteiger partial charge in [-0.2, -0.15) is 0 Å². The smallest absolute Gasteiger partial charge is 0.272 e. The number of hydrogen-bond acceptors (Lipinski definition) is 3. The fourth-order valence-corrected chi connectivity index (χ4v) is 3.10. The Morgan fingerprint density at radius 2 is 2.17 bits per heavy atom. The highest BCUT2D eigenvalue weighted by atomic mass is 16.2. The lowest BCUT2D eigenvalue weighted by Gasteiger charge is -2.35. The van der Waals surface area contributed by atoms with Gasteiger partial charge in [-0.3, -0.25) is 14.6 Å². The summed E-state index contributed by atoms with van der Waals surface area (Å²) in [6.45, 7) is 7.79. The minimum Gasteiger partial charge on any atom is -0.352 e. The van der Waals surface area contributed by atoms with Crippen LogP contribution >= 0.6 is 0 Å². The number of nitrogens with one attached hydrogen (secondary N) is 1. The van der Waals surface area contributed by atoms with Crippen LogP contribution in [-0.4, -0.2) is 40.8 Å². The van der Waals surface area contributed by atoms with E-state index in [2.05, 4.69) is 31.1 Å². The fraction of sp³-hybridized carbons (Fsp3) is 0.632. The molecular formula is C19H29N3O2. The predicted octanol–water partition coefficient (Wildman–Crippen LogP) is 3.26. The molecular weight excluding hydrogens is 302 g/mol. The van der Waals surface area contributed by atoms with Gasteiger partial charge in [0.15, 0.2) is 0 Å². The van der Waals surface area contributed by atoms with E-state index in [4.69, 9.17) is 0 Å². The van der Waals surface area contributed by atoms with Crippen molar-refractivity contribution in [2.75, 3.05) is 13.1 Å². The molecule has 1 aromatic rings. The maximum Gasteiger partial charge on any atom is 0.272 e. The van der Waals surface area contributed by atoms with Gasteiger partial charge in [0, 0.05) is 30.9 Å². The number of rotatable bonds is 6. The molecule has 1 aliphatic rings. The van der Waals surface area contributed by atoms with Gasteiger partial charge in [-0.05, 0) is 50.2 Å². The van der Waals surface area contributed by atoms with Crippen molar-refractivity contribution in [3.63, 3.8) is 0 Å². The normalized spacial score (nSPS) is 17.8. The molecule has 1 fully saturated rings. The molecule has 1 unspecified atom stereocenters. The molecule has 1 aliphatic heterocycles. The molecule has 2 amide bonds. The second-order valence-electron chi connectivity index (χ2n) is 6.92. The number of amides is 2. The SMILES string of the molecule is CCC1CCCCN1C(=O)c1cc(C(=O)NCCC(C)C)ccn1. The molecule has 2 heterocycles. The van der Waals surface area contributed by atoms with E-state index in [1.54, 1.807) is 18.3 Å². The zero-order valence-electron chi connectivity index (χ0n) is 15.0. The Morgan fingerprint density at radius 1 is 1.38 bits per heavy atom. The van der Waals surface area contributed by atoms with E-state index in [1.165, 1.54) is 6.42 Å². The first-order chi connectivity index (χ1) is 11.5. The van der Waals surface area contributed by atoms with E-state index in [9.17, 15) is 9.59 Å². The Kier molecular flexibility index (Phi) is 6.76. The van der Waals surface area contributed by atoms with Crippen molar-refractivity contribution in [3.8, 4) is 0 Å². The zero-order valence-corrected chi connectivity index (χ0v) is 15.0. The Hall–Kier alpha value is -1.91. The number of pyridine rings is 1. The lowest BCUT2D eigenvalue weighted by molar-refractivity contribution is 0.0602. The van der Waals surface area contributed by atoms with Gasteiger partial charge in [0.1, 0.15) is 5.69 Å². The first-order valence-corrected chi connectivity index (χ1v) is 9.08. The van der Waals surface area contributed by atoms with Gasteiger partial charge in [-0.1, -0.05) is 20.8 Å². The molecule has 0 aliphatic carbocycles. The molecule has 0 spiro atoms. The Morgan fingerprint density at radius 3 is 2.88 bits per heavy atom. The van der Waals surface area contributed by atoms with Crippen LogP contribution in [0.15, 0.2) is 18.3 Å². The monoisotopic (exact) mass is 331 g/mol. The van der Waals surface area contributed by atoms with E-state index >= 15 is 0 Å². The standard InChI is InChI=1S/C19H29N3O2/c1-4-16-7-5-6-12-22(16)19(24)17-13-15(9-11-20-17)18(23)21-10-8-14(2)3/h9,11,13-14,16H,4-8,10,12H2,1-3H3,(H,21,23). The lowest BCUT2D eigenvalue weighted by Crippen LogP contribution is -2.43. The summed E-state index contributed by atoms with van der Waals surface area (Å²) in [7, 11) is 0. The van der Waals surface area contributed by atoms with Crippen LogP contribution in [0.3, 0.4) is 0 Å². The fourth-order valence-electron chi connectivity index (χ4n) is 3.10. The average Bonchev–Trinajstić information content (AvgIpc) is 2.60. The lowest BCUT2D eigenvalue weighted by atomic mass is 9.99. The maximum atomic E-state index is 12.8. The molecule has 132 valence electrons. The van der Waals surface area contributed by atoms with E-state index in [0.717, 1.165) is 32.2 Å². The van der Waals surface area contributed by atoms with Crippen LogP contribution in [0.2, 0.25) is 0 Å². The van der Waals surface area contributed by atoms with Crippen molar-refractivity contribution in [1.29, 1.82) is 0 Å². The van der Waals surface area contributed by atoms with Crippen LogP contribution in [0.4, 0.5) is 0 Å².